The van der Waals surface area contributed by atoms with E-state index in [0.29, 0.717) is 16.7 Å². The third-order valence-corrected chi connectivity index (χ3v) is 3.39. The Hall–Kier alpha value is -2.34. The van der Waals surface area contributed by atoms with Crippen molar-refractivity contribution in [3.05, 3.63) is 47.0 Å². The molecule has 7 heteroatoms. The molecule has 0 spiro atoms. The zero-order valence-electron chi connectivity index (χ0n) is 10.9. The lowest BCUT2D eigenvalue weighted by Crippen LogP contribution is -2.03. The molecule has 1 aromatic heterocycles. The van der Waals surface area contributed by atoms with Crippen molar-refractivity contribution in [3.63, 3.8) is 0 Å². The lowest BCUT2D eigenvalue weighted by molar-refractivity contribution is 0.409. The lowest BCUT2D eigenvalue weighted by atomic mass is 10.2. The van der Waals surface area contributed by atoms with Crippen LogP contribution in [0.5, 0.6) is 5.75 Å². The molecule has 0 radical (unpaired) electrons. The van der Waals surface area contributed by atoms with Gasteiger partial charge in [-0.25, -0.2) is 13.8 Å². The van der Waals surface area contributed by atoms with Gasteiger partial charge in [0, 0.05) is 12.1 Å². The number of imidazole rings is 1. The first-order valence-corrected chi connectivity index (χ1v) is 6.36. The molecule has 2 aromatic carbocycles. The molecule has 3 rings (SSSR count). The average molecular weight is 310 g/mol. The van der Waals surface area contributed by atoms with Gasteiger partial charge in [-0.15, -0.1) is 0 Å². The van der Waals surface area contributed by atoms with E-state index in [1.807, 2.05) is 0 Å². The molecule has 0 fully saturated rings. The van der Waals surface area contributed by atoms with E-state index in [-0.39, 0.29) is 16.7 Å². The second-order valence-electron chi connectivity index (χ2n) is 4.38. The molecule has 0 unspecified atom stereocenters. The lowest BCUT2D eigenvalue weighted by Gasteiger charge is -2.11. The summed E-state index contributed by atoms with van der Waals surface area (Å²) in [7, 11) is 1.41. The zero-order valence-corrected chi connectivity index (χ0v) is 11.7. The molecule has 0 aliphatic rings. The van der Waals surface area contributed by atoms with Crippen molar-refractivity contribution in [1.82, 2.24) is 9.55 Å². The fourth-order valence-corrected chi connectivity index (χ4v) is 2.34. The van der Waals surface area contributed by atoms with Crippen LogP contribution in [0.3, 0.4) is 0 Å². The largest absolute Gasteiger partial charge is 0.494 e. The van der Waals surface area contributed by atoms with Crippen molar-refractivity contribution in [1.29, 1.82) is 0 Å². The summed E-state index contributed by atoms with van der Waals surface area (Å²) >= 11 is 5.74. The predicted molar refractivity (Wildman–Crippen MR) is 77.0 cm³/mol. The van der Waals surface area contributed by atoms with Gasteiger partial charge in [-0.05, 0) is 18.2 Å². The van der Waals surface area contributed by atoms with Crippen LogP contribution in [0.4, 0.5) is 14.7 Å². The van der Waals surface area contributed by atoms with Gasteiger partial charge >= 0.3 is 0 Å². The van der Waals surface area contributed by atoms with Crippen molar-refractivity contribution >= 4 is 28.6 Å². The highest BCUT2D eigenvalue weighted by atomic mass is 35.5. The number of hydrogen-bond acceptors (Lipinski definition) is 3. The van der Waals surface area contributed by atoms with Crippen molar-refractivity contribution in [2.75, 3.05) is 12.8 Å². The Bertz CT molecular complexity index is 848. The summed E-state index contributed by atoms with van der Waals surface area (Å²) in [5, 5.41) is -0.0433. The van der Waals surface area contributed by atoms with E-state index >= 15 is 0 Å². The fourth-order valence-electron chi connectivity index (χ4n) is 2.18. The number of nitrogens with zero attached hydrogens (tertiary/aromatic N) is 2. The van der Waals surface area contributed by atoms with E-state index in [2.05, 4.69) is 4.98 Å². The standard InChI is InChI=1S/C14H10ClF2N3O/c1-21-13-4-7(16)2-3-11(13)20-12-6-9(17)8(15)5-10(12)19-14(20)18/h2-6H,1H3,(H2,18,19). The van der Waals surface area contributed by atoms with E-state index in [1.54, 1.807) is 0 Å². The topological polar surface area (TPSA) is 53.1 Å². The highest BCUT2D eigenvalue weighted by Gasteiger charge is 2.16. The average Bonchev–Trinajstić information content (AvgIpc) is 2.75. The molecule has 0 aliphatic heterocycles. The number of nitrogens with two attached hydrogens (primary N) is 1. The van der Waals surface area contributed by atoms with E-state index in [1.165, 1.54) is 42.0 Å². The molecular formula is C14H10ClF2N3O. The molecule has 0 aliphatic carbocycles. The van der Waals surface area contributed by atoms with Crippen molar-refractivity contribution < 1.29 is 13.5 Å². The molecular weight excluding hydrogens is 300 g/mol. The zero-order chi connectivity index (χ0) is 15.1. The van der Waals surface area contributed by atoms with Crippen molar-refractivity contribution in [3.8, 4) is 11.4 Å². The minimum absolute atomic E-state index is 0.0433. The maximum Gasteiger partial charge on any atom is 0.206 e. The maximum absolute atomic E-state index is 13.7. The van der Waals surface area contributed by atoms with Crippen LogP contribution in [0.25, 0.3) is 16.7 Å². The van der Waals surface area contributed by atoms with Gasteiger partial charge < -0.3 is 10.5 Å². The number of rotatable bonds is 2. The Balaban J connectivity index is 2.35. The molecule has 2 N–H and O–H groups in total. The molecule has 0 saturated heterocycles. The number of halogens is 3. The normalized spacial score (nSPS) is 11.0. The summed E-state index contributed by atoms with van der Waals surface area (Å²) in [4.78, 5) is 4.13. The van der Waals surface area contributed by atoms with Gasteiger partial charge in [-0.2, -0.15) is 0 Å². The van der Waals surface area contributed by atoms with Crippen LogP contribution in [0.2, 0.25) is 5.02 Å². The third kappa shape index (κ3) is 2.17. The van der Waals surface area contributed by atoms with E-state index in [0.717, 1.165) is 0 Å². The second-order valence-corrected chi connectivity index (χ2v) is 4.78. The summed E-state index contributed by atoms with van der Waals surface area (Å²) in [6.45, 7) is 0. The molecule has 0 bridgehead atoms. The first-order chi connectivity index (χ1) is 10.0. The number of benzene rings is 2. The quantitative estimate of drug-likeness (QED) is 0.787. The van der Waals surface area contributed by atoms with E-state index in [9.17, 15) is 8.78 Å². The molecule has 0 atom stereocenters. The summed E-state index contributed by atoms with van der Waals surface area (Å²) < 4.78 is 33.6. The Kier molecular flexibility index (Phi) is 3.17. The monoisotopic (exact) mass is 309 g/mol. The Morgan fingerprint density at radius 2 is 2.00 bits per heavy atom. The Labute approximate surface area is 123 Å². The molecule has 0 amide bonds. The predicted octanol–water partition coefficient (Wildman–Crippen LogP) is 3.55. The van der Waals surface area contributed by atoms with Gasteiger partial charge in [0.05, 0.1) is 28.9 Å². The SMILES string of the molecule is COc1cc(F)ccc1-n1c(N)nc2cc(Cl)c(F)cc21. The number of anilines is 1. The van der Waals surface area contributed by atoms with Gasteiger partial charge in [0.25, 0.3) is 0 Å². The van der Waals surface area contributed by atoms with Crippen LogP contribution in [-0.2, 0) is 0 Å². The summed E-state index contributed by atoms with van der Waals surface area (Å²) in [6.07, 6.45) is 0. The summed E-state index contributed by atoms with van der Waals surface area (Å²) in [6, 6.07) is 6.57. The number of fused-ring (bicyclic) bond motifs is 1. The molecule has 3 aromatic rings. The Morgan fingerprint density at radius 3 is 2.71 bits per heavy atom. The molecule has 0 saturated carbocycles. The van der Waals surface area contributed by atoms with Gasteiger partial charge in [-0.1, -0.05) is 11.6 Å². The van der Waals surface area contributed by atoms with Crippen LogP contribution in [0.1, 0.15) is 0 Å². The van der Waals surface area contributed by atoms with Crippen LogP contribution < -0.4 is 10.5 Å². The number of ether oxygens (including phenoxy) is 1. The second kappa shape index (κ2) is 4.89. The molecule has 4 nitrogen and oxygen atoms in total. The number of hydrogen-bond donors (Lipinski definition) is 1. The van der Waals surface area contributed by atoms with Gasteiger partial charge in [-0.3, -0.25) is 4.57 Å². The number of methoxy groups -OCH3 is 1. The minimum atomic E-state index is -0.591. The number of nitrogen functional groups attached to an aromatic ring is 1. The van der Waals surface area contributed by atoms with Gasteiger partial charge in [0.15, 0.2) is 0 Å². The van der Waals surface area contributed by atoms with Crippen LogP contribution in [0, 0.1) is 11.6 Å². The smallest absolute Gasteiger partial charge is 0.206 e. The van der Waals surface area contributed by atoms with Crippen LogP contribution in [0.15, 0.2) is 30.3 Å². The first kappa shape index (κ1) is 13.6. The fraction of sp³-hybridized carbons (Fsp3) is 0.0714. The minimum Gasteiger partial charge on any atom is -0.494 e. The third-order valence-electron chi connectivity index (χ3n) is 3.11. The van der Waals surface area contributed by atoms with Crippen molar-refractivity contribution in [2.24, 2.45) is 0 Å². The van der Waals surface area contributed by atoms with Crippen LogP contribution in [-0.4, -0.2) is 16.7 Å². The molecule has 1 heterocycles. The van der Waals surface area contributed by atoms with E-state index in [4.69, 9.17) is 22.1 Å². The highest BCUT2D eigenvalue weighted by molar-refractivity contribution is 6.31. The summed E-state index contributed by atoms with van der Waals surface area (Å²) in [5.74, 6) is -0.660. The summed E-state index contributed by atoms with van der Waals surface area (Å²) in [5.41, 5.74) is 7.19. The molecule has 108 valence electrons. The number of aromatic nitrogens is 2. The maximum atomic E-state index is 13.7. The van der Waals surface area contributed by atoms with Gasteiger partial charge in [0.1, 0.15) is 17.4 Å². The van der Waals surface area contributed by atoms with E-state index < -0.39 is 11.6 Å². The molecule has 21 heavy (non-hydrogen) atoms. The van der Waals surface area contributed by atoms with Gasteiger partial charge in [0.2, 0.25) is 5.95 Å². The first-order valence-electron chi connectivity index (χ1n) is 5.98. The van der Waals surface area contributed by atoms with Crippen molar-refractivity contribution in [2.45, 2.75) is 0 Å². The Morgan fingerprint density at radius 1 is 1.24 bits per heavy atom. The van der Waals surface area contributed by atoms with Crippen LogP contribution >= 0.6 is 11.6 Å². The highest BCUT2D eigenvalue weighted by Crippen LogP contribution is 2.32.